The summed E-state index contributed by atoms with van der Waals surface area (Å²) >= 11 is 0. The van der Waals surface area contributed by atoms with Crippen LogP contribution in [0, 0.1) is 0 Å². The molecule has 0 radical (unpaired) electrons. The summed E-state index contributed by atoms with van der Waals surface area (Å²) in [5.74, 6) is -0.413. The molecule has 1 rings (SSSR count). The van der Waals surface area contributed by atoms with Crippen molar-refractivity contribution < 1.29 is 9.53 Å². The molecule has 1 aliphatic heterocycles. The summed E-state index contributed by atoms with van der Waals surface area (Å²) in [7, 11) is 0. The number of primary amides is 1. The third kappa shape index (κ3) is 2.66. The molecule has 0 aromatic carbocycles. The van der Waals surface area contributed by atoms with Crippen molar-refractivity contribution >= 4 is 5.91 Å². The molecule has 0 aromatic heterocycles. The summed E-state index contributed by atoms with van der Waals surface area (Å²) in [4.78, 5) is 10.6. The molecule has 3 heteroatoms. The fourth-order valence-corrected chi connectivity index (χ4v) is 1.34. The molecule has 1 heterocycles. The van der Waals surface area contributed by atoms with Gasteiger partial charge >= 0.3 is 0 Å². The first kappa shape index (κ1) is 9.26. The quantitative estimate of drug-likeness (QED) is 0.640. The molecule has 0 saturated carbocycles. The minimum Gasteiger partial charge on any atom is -0.378 e. The minimum atomic E-state index is -0.413. The van der Waals surface area contributed by atoms with Crippen molar-refractivity contribution in [2.75, 3.05) is 6.61 Å². The second-order valence-corrected chi connectivity index (χ2v) is 3.16. The molecule has 2 N–H and O–H groups in total. The van der Waals surface area contributed by atoms with Gasteiger partial charge in [0.2, 0.25) is 5.91 Å². The SMILES string of the molecule is C=C(CC1CCCCO1)C(N)=O. The number of hydrogen-bond acceptors (Lipinski definition) is 2. The van der Waals surface area contributed by atoms with Crippen LogP contribution in [0.2, 0.25) is 0 Å². The first-order valence-electron chi connectivity index (χ1n) is 4.29. The van der Waals surface area contributed by atoms with Crippen molar-refractivity contribution in [1.82, 2.24) is 0 Å². The molecule has 1 aliphatic rings. The molecule has 1 unspecified atom stereocenters. The maximum Gasteiger partial charge on any atom is 0.244 e. The number of ether oxygens (including phenoxy) is 1. The van der Waals surface area contributed by atoms with E-state index in [-0.39, 0.29) is 6.10 Å². The van der Waals surface area contributed by atoms with Crippen LogP contribution in [0.4, 0.5) is 0 Å². The smallest absolute Gasteiger partial charge is 0.244 e. The van der Waals surface area contributed by atoms with Crippen molar-refractivity contribution in [2.45, 2.75) is 31.8 Å². The first-order valence-corrected chi connectivity index (χ1v) is 4.29. The fraction of sp³-hybridized carbons (Fsp3) is 0.667. The van der Waals surface area contributed by atoms with Gasteiger partial charge in [0.05, 0.1) is 6.10 Å². The van der Waals surface area contributed by atoms with Gasteiger partial charge in [-0.1, -0.05) is 6.58 Å². The highest BCUT2D eigenvalue weighted by Gasteiger charge is 2.16. The average Bonchev–Trinajstić information content (AvgIpc) is 2.06. The zero-order valence-electron chi connectivity index (χ0n) is 7.21. The Labute approximate surface area is 72.6 Å². The van der Waals surface area contributed by atoms with Crippen molar-refractivity contribution in [2.24, 2.45) is 5.73 Å². The van der Waals surface area contributed by atoms with Crippen LogP contribution in [0.15, 0.2) is 12.2 Å². The zero-order chi connectivity index (χ0) is 8.97. The summed E-state index contributed by atoms with van der Waals surface area (Å²) in [5, 5.41) is 0. The Balaban J connectivity index is 2.29. The van der Waals surface area contributed by atoms with Crippen LogP contribution >= 0.6 is 0 Å². The van der Waals surface area contributed by atoms with Gasteiger partial charge in [-0.15, -0.1) is 0 Å². The van der Waals surface area contributed by atoms with Gasteiger partial charge in [-0.25, -0.2) is 0 Å². The van der Waals surface area contributed by atoms with E-state index in [1.165, 1.54) is 6.42 Å². The van der Waals surface area contributed by atoms with Crippen LogP contribution in [-0.4, -0.2) is 18.6 Å². The molecule has 1 saturated heterocycles. The van der Waals surface area contributed by atoms with Gasteiger partial charge in [-0.05, 0) is 19.3 Å². The number of carbonyl (C=O) groups is 1. The Hall–Kier alpha value is -0.830. The second-order valence-electron chi connectivity index (χ2n) is 3.16. The van der Waals surface area contributed by atoms with Crippen LogP contribution < -0.4 is 5.73 Å². The average molecular weight is 169 g/mol. The molecule has 0 aliphatic carbocycles. The molecule has 1 atom stereocenters. The Morgan fingerprint density at radius 3 is 2.83 bits per heavy atom. The van der Waals surface area contributed by atoms with Crippen molar-refractivity contribution in [1.29, 1.82) is 0 Å². The molecule has 0 bridgehead atoms. The largest absolute Gasteiger partial charge is 0.378 e. The number of rotatable bonds is 3. The van der Waals surface area contributed by atoms with Gasteiger partial charge in [0.1, 0.15) is 0 Å². The van der Waals surface area contributed by atoms with Gasteiger partial charge in [0, 0.05) is 18.6 Å². The van der Waals surface area contributed by atoms with Gasteiger partial charge in [0.25, 0.3) is 0 Å². The molecule has 1 amide bonds. The number of amides is 1. The Morgan fingerprint density at radius 1 is 1.58 bits per heavy atom. The van der Waals surface area contributed by atoms with Crippen molar-refractivity contribution in [3.63, 3.8) is 0 Å². The van der Waals surface area contributed by atoms with Crippen LogP contribution in [0.1, 0.15) is 25.7 Å². The fourth-order valence-electron chi connectivity index (χ4n) is 1.34. The van der Waals surface area contributed by atoms with Crippen LogP contribution in [0.3, 0.4) is 0 Å². The molecule has 0 spiro atoms. The van der Waals surface area contributed by atoms with E-state index in [1.807, 2.05) is 0 Å². The lowest BCUT2D eigenvalue weighted by Crippen LogP contribution is -2.23. The van der Waals surface area contributed by atoms with E-state index in [4.69, 9.17) is 10.5 Å². The van der Waals surface area contributed by atoms with Crippen molar-refractivity contribution in [3.8, 4) is 0 Å². The highest BCUT2D eigenvalue weighted by molar-refractivity contribution is 5.91. The molecule has 0 aromatic rings. The zero-order valence-corrected chi connectivity index (χ0v) is 7.21. The maximum absolute atomic E-state index is 10.6. The van der Waals surface area contributed by atoms with E-state index in [9.17, 15) is 4.79 Å². The minimum absolute atomic E-state index is 0.166. The third-order valence-corrected chi connectivity index (χ3v) is 2.10. The molecular weight excluding hydrogens is 154 g/mol. The van der Waals surface area contributed by atoms with Gasteiger partial charge in [0.15, 0.2) is 0 Å². The number of hydrogen-bond donors (Lipinski definition) is 1. The highest BCUT2D eigenvalue weighted by atomic mass is 16.5. The second kappa shape index (κ2) is 4.26. The lowest BCUT2D eigenvalue weighted by atomic mass is 10.0. The summed E-state index contributed by atoms with van der Waals surface area (Å²) in [6, 6.07) is 0. The predicted octanol–water partition coefficient (Wildman–Crippen LogP) is 0.987. The summed E-state index contributed by atoms with van der Waals surface area (Å²) in [6.07, 6.45) is 4.08. The van der Waals surface area contributed by atoms with Crippen LogP contribution in [0.5, 0.6) is 0 Å². The standard InChI is InChI=1S/C9H15NO2/c1-7(9(10)11)6-8-4-2-3-5-12-8/h8H,1-6H2,(H2,10,11). The lowest BCUT2D eigenvalue weighted by Gasteiger charge is -2.22. The Morgan fingerprint density at radius 2 is 2.33 bits per heavy atom. The predicted molar refractivity (Wildman–Crippen MR) is 46.5 cm³/mol. The normalized spacial score (nSPS) is 23.5. The van der Waals surface area contributed by atoms with Crippen LogP contribution in [-0.2, 0) is 9.53 Å². The van der Waals surface area contributed by atoms with E-state index >= 15 is 0 Å². The molecule has 3 nitrogen and oxygen atoms in total. The van der Waals surface area contributed by atoms with E-state index in [1.54, 1.807) is 0 Å². The number of nitrogens with two attached hydrogens (primary N) is 1. The summed E-state index contributed by atoms with van der Waals surface area (Å²) in [6.45, 7) is 4.40. The highest BCUT2D eigenvalue weighted by Crippen LogP contribution is 2.18. The summed E-state index contributed by atoms with van der Waals surface area (Å²) in [5.41, 5.74) is 5.53. The van der Waals surface area contributed by atoms with E-state index in [0.717, 1.165) is 19.4 Å². The van der Waals surface area contributed by atoms with E-state index < -0.39 is 5.91 Å². The van der Waals surface area contributed by atoms with Gasteiger partial charge in [-0.2, -0.15) is 0 Å². The van der Waals surface area contributed by atoms with E-state index in [2.05, 4.69) is 6.58 Å². The maximum atomic E-state index is 10.6. The van der Waals surface area contributed by atoms with Gasteiger partial charge < -0.3 is 10.5 Å². The first-order chi connectivity index (χ1) is 5.70. The monoisotopic (exact) mass is 169 g/mol. The van der Waals surface area contributed by atoms with Crippen LogP contribution in [0.25, 0.3) is 0 Å². The van der Waals surface area contributed by atoms with Gasteiger partial charge in [-0.3, -0.25) is 4.79 Å². The molecule has 1 fully saturated rings. The lowest BCUT2D eigenvalue weighted by molar-refractivity contribution is -0.115. The molecular formula is C9H15NO2. The van der Waals surface area contributed by atoms with Crippen molar-refractivity contribution in [3.05, 3.63) is 12.2 Å². The Kier molecular flexibility index (Phi) is 3.29. The molecule has 68 valence electrons. The molecule has 12 heavy (non-hydrogen) atoms. The van der Waals surface area contributed by atoms with E-state index in [0.29, 0.717) is 12.0 Å². The topological polar surface area (TPSA) is 52.3 Å². The summed E-state index contributed by atoms with van der Waals surface area (Å²) < 4.78 is 5.43. The number of carbonyl (C=O) groups excluding carboxylic acids is 1. The Bertz CT molecular complexity index is 183. The third-order valence-electron chi connectivity index (χ3n) is 2.10.